The number of benzene rings is 1. The highest BCUT2D eigenvalue weighted by Gasteiger charge is 2.47. The van der Waals surface area contributed by atoms with E-state index in [1.165, 1.54) is 6.20 Å². The predicted molar refractivity (Wildman–Crippen MR) is 95.1 cm³/mol. The Morgan fingerprint density at radius 2 is 2.08 bits per heavy atom. The third-order valence-electron chi connectivity index (χ3n) is 4.29. The molecule has 5 nitrogen and oxygen atoms in total. The van der Waals surface area contributed by atoms with Gasteiger partial charge in [0.15, 0.2) is 6.04 Å². The van der Waals surface area contributed by atoms with Crippen LogP contribution in [-0.2, 0) is 0 Å². The van der Waals surface area contributed by atoms with E-state index in [0.717, 1.165) is 21.1 Å². The Morgan fingerprint density at radius 1 is 1.38 bits per heavy atom. The Bertz CT molecular complexity index is 788. The van der Waals surface area contributed by atoms with Gasteiger partial charge in [-0.1, -0.05) is 35.0 Å². The third-order valence-corrected chi connectivity index (χ3v) is 4.82. The van der Waals surface area contributed by atoms with E-state index in [0.29, 0.717) is 6.54 Å². The van der Waals surface area contributed by atoms with Gasteiger partial charge in [-0.25, -0.2) is 4.68 Å². The number of fused-ring (bicyclic) bond motifs is 1. The van der Waals surface area contributed by atoms with Crippen molar-refractivity contribution in [3.05, 3.63) is 46.1 Å². The minimum atomic E-state index is -4.46. The molecule has 0 fully saturated rings. The Kier molecular flexibility index (Phi) is 5.27. The molecule has 1 aliphatic heterocycles. The first-order valence-corrected chi connectivity index (χ1v) is 9.05. The summed E-state index contributed by atoms with van der Waals surface area (Å²) in [7, 11) is 0. The molecule has 2 heterocycles. The zero-order valence-corrected chi connectivity index (χ0v) is 15.6. The Balaban J connectivity index is 1.98. The molecule has 2 N–H and O–H groups in total. The number of alkyl halides is 3. The van der Waals surface area contributed by atoms with Crippen LogP contribution in [0.4, 0.5) is 19.0 Å². The zero-order chi connectivity index (χ0) is 18.9. The number of aromatic nitrogens is 2. The second-order valence-corrected chi connectivity index (χ2v) is 7.06. The van der Waals surface area contributed by atoms with Gasteiger partial charge in [-0.05, 0) is 24.1 Å². The monoisotopic (exact) mass is 430 g/mol. The summed E-state index contributed by atoms with van der Waals surface area (Å²) >= 11 is 3.32. The van der Waals surface area contributed by atoms with Crippen LogP contribution in [0.5, 0.6) is 0 Å². The summed E-state index contributed by atoms with van der Waals surface area (Å²) in [6, 6.07) is 4.72. The number of nitrogens with zero attached hydrogens (tertiary/aromatic N) is 2. The van der Waals surface area contributed by atoms with Gasteiger partial charge in [-0.3, -0.25) is 4.79 Å². The van der Waals surface area contributed by atoms with Crippen LogP contribution in [0.15, 0.2) is 34.9 Å². The quantitative estimate of drug-likeness (QED) is 0.753. The fourth-order valence-electron chi connectivity index (χ4n) is 2.98. The van der Waals surface area contributed by atoms with Gasteiger partial charge in [-0.2, -0.15) is 18.3 Å². The van der Waals surface area contributed by atoms with E-state index in [-0.39, 0.29) is 17.8 Å². The number of rotatable bonds is 4. The molecular formula is C17H18BrF3N4O. The van der Waals surface area contributed by atoms with E-state index in [1.807, 2.05) is 6.92 Å². The third kappa shape index (κ3) is 3.72. The maximum Gasteiger partial charge on any atom is 0.410 e. The average Bonchev–Trinajstić information content (AvgIpc) is 3.02. The lowest BCUT2D eigenvalue weighted by Gasteiger charge is -2.34. The minimum absolute atomic E-state index is 0.0973. The van der Waals surface area contributed by atoms with E-state index >= 15 is 0 Å². The minimum Gasteiger partial charge on any atom is -0.363 e. The Labute approximate surface area is 157 Å². The first-order valence-electron chi connectivity index (χ1n) is 8.25. The molecule has 9 heteroatoms. The number of carbonyl (C=O) groups excluding carboxylic acids is 1. The highest BCUT2D eigenvalue weighted by atomic mass is 79.9. The number of anilines is 1. The highest BCUT2D eigenvalue weighted by molar-refractivity contribution is 9.10. The summed E-state index contributed by atoms with van der Waals surface area (Å²) in [6.07, 6.45) is -2.74. The molecule has 3 rings (SSSR count). The van der Waals surface area contributed by atoms with Gasteiger partial charge < -0.3 is 10.6 Å². The maximum absolute atomic E-state index is 13.6. The fourth-order valence-corrected chi connectivity index (χ4v) is 3.24. The molecular weight excluding hydrogens is 413 g/mol. The van der Waals surface area contributed by atoms with E-state index in [9.17, 15) is 18.0 Å². The first-order chi connectivity index (χ1) is 12.3. The van der Waals surface area contributed by atoms with Crippen LogP contribution < -0.4 is 10.6 Å². The summed E-state index contributed by atoms with van der Waals surface area (Å²) in [5.74, 6) is -0.335. The lowest BCUT2D eigenvalue weighted by Crippen LogP contribution is -2.36. The molecule has 0 unspecified atom stereocenters. The van der Waals surface area contributed by atoms with Crippen LogP contribution in [0, 0.1) is 0 Å². The Hall–Kier alpha value is -2.03. The Morgan fingerprint density at radius 3 is 2.69 bits per heavy atom. The largest absolute Gasteiger partial charge is 0.410 e. The van der Waals surface area contributed by atoms with Gasteiger partial charge >= 0.3 is 6.18 Å². The summed E-state index contributed by atoms with van der Waals surface area (Å²) in [5, 5.41) is 9.59. The predicted octanol–water partition coefficient (Wildman–Crippen LogP) is 4.45. The second-order valence-electron chi connectivity index (χ2n) is 6.15. The normalized spacial score (nSPS) is 19.6. The van der Waals surface area contributed by atoms with Gasteiger partial charge in [0.2, 0.25) is 0 Å². The SMILES string of the molecule is CCCNC(=O)c1cnn2c1N[C@H](c1ccc(Br)cc1)C[C@H]2C(F)(F)F. The topological polar surface area (TPSA) is 59.0 Å². The van der Waals surface area contributed by atoms with E-state index in [2.05, 4.69) is 31.7 Å². The lowest BCUT2D eigenvalue weighted by atomic mass is 9.96. The molecule has 2 aromatic rings. The summed E-state index contributed by atoms with van der Waals surface area (Å²) in [6.45, 7) is 2.34. The number of halogens is 4. The molecule has 0 saturated heterocycles. The number of hydrogen-bond acceptors (Lipinski definition) is 3. The highest BCUT2D eigenvalue weighted by Crippen LogP contribution is 2.44. The first kappa shape index (κ1) is 18.8. The van der Waals surface area contributed by atoms with Crippen LogP contribution in [0.2, 0.25) is 0 Å². The van der Waals surface area contributed by atoms with E-state index in [1.54, 1.807) is 24.3 Å². The molecule has 140 valence electrons. The molecule has 0 aliphatic carbocycles. The van der Waals surface area contributed by atoms with Crippen molar-refractivity contribution < 1.29 is 18.0 Å². The molecule has 0 spiro atoms. The van der Waals surface area contributed by atoms with Crippen molar-refractivity contribution in [1.29, 1.82) is 0 Å². The van der Waals surface area contributed by atoms with Crippen molar-refractivity contribution >= 4 is 27.7 Å². The lowest BCUT2D eigenvalue weighted by molar-refractivity contribution is -0.173. The van der Waals surface area contributed by atoms with Crippen molar-refractivity contribution in [3.63, 3.8) is 0 Å². The average molecular weight is 431 g/mol. The zero-order valence-electron chi connectivity index (χ0n) is 14.0. The van der Waals surface area contributed by atoms with E-state index < -0.39 is 24.2 Å². The molecule has 0 radical (unpaired) electrons. The molecule has 1 aromatic heterocycles. The van der Waals surface area contributed by atoms with Crippen LogP contribution in [-0.4, -0.2) is 28.4 Å². The van der Waals surface area contributed by atoms with Crippen LogP contribution in [0.1, 0.15) is 47.8 Å². The number of hydrogen-bond donors (Lipinski definition) is 2. The van der Waals surface area contributed by atoms with Gasteiger partial charge in [0, 0.05) is 17.4 Å². The molecule has 0 saturated carbocycles. The maximum atomic E-state index is 13.6. The van der Waals surface area contributed by atoms with Crippen LogP contribution in [0.25, 0.3) is 0 Å². The van der Waals surface area contributed by atoms with E-state index in [4.69, 9.17) is 0 Å². The van der Waals surface area contributed by atoms with Gasteiger partial charge in [-0.15, -0.1) is 0 Å². The summed E-state index contributed by atoms with van der Waals surface area (Å²) < 4.78 is 42.5. The number of nitrogens with one attached hydrogen (secondary N) is 2. The number of amides is 1. The molecule has 2 atom stereocenters. The molecule has 0 bridgehead atoms. The van der Waals surface area contributed by atoms with Crippen molar-refractivity contribution in [2.24, 2.45) is 0 Å². The van der Waals surface area contributed by atoms with Crippen molar-refractivity contribution in [3.8, 4) is 0 Å². The van der Waals surface area contributed by atoms with Crippen molar-refractivity contribution in [2.45, 2.75) is 38.0 Å². The molecule has 1 amide bonds. The smallest absolute Gasteiger partial charge is 0.363 e. The molecule has 1 aliphatic rings. The van der Waals surface area contributed by atoms with Gasteiger partial charge in [0.05, 0.1) is 12.2 Å². The van der Waals surface area contributed by atoms with Crippen LogP contribution >= 0.6 is 15.9 Å². The van der Waals surface area contributed by atoms with Crippen molar-refractivity contribution in [2.75, 3.05) is 11.9 Å². The summed E-state index contributed by atoms with van der Waals surface area (Å²) in [5.41, 5.74) is 0.837. The van der Waals surface area contributed by atoms with Gasteiger partial charge in [0.1, 0.15) is 11.4 Å². The molecule has 1 aromatic carbocycles. The molecule has 26 heavy (non-hydrogen) atoms. The standard InChI is InChI=1S/C17H18BrF3N4O/c1-2-7-22-16(26)12-9-23-25-14(17(19,20)21)8-13(24-15(12)25)10-3-5-11(18)6-4-10/h3-6,9,13-14,24H,2,7-8H2,1H3,(H,22,26)/t13-,14-/m0/s1. The van der Waals surface area contributed by atoms with Crippen LogP contribution in [0.3, 0.4) is 0 Å². The van der Waals surface area contributed by atoms with Gasteiger partial charge in [0.25, 0.3) is 5.91 Å². The fraction of sp³-hybridized carbons (Fsp3) is 0.412. The number of carbonyl (C=O) groups is 1. The van der Waals surface area contributed by atoms with Crippen molar-refractivity contribution in [1.82, 2.24) is 15.1 Å². The second kappa shape index (κ2) is 7.30. The summed E-state index contributed by atoms with van der Waals surface area (Å²) in [4.78, 5) is 12.3.